The summed E-state index contributed by atoms with van der Waals surface area (Å²) >= 11 is 0. The van der Waals surface area contributed by atoms with Gasteiger partial charge in [-0.3, -0.25) is 0 Å². The van der Waals surface area contributed by atoms with E-state index >= 15 is 0 Å². The minimum absolute atomic E-state index is 0.394. The van der Waals surface area contributed by atoms with Crippen LogP contribution >= 0.6 is 0 Å². The summed E-state index contributed by atoms with van der Waals surface area (Å²) in [5, 5.41) is 8.94. The monoisotopic (exact) mass is 259 g/mol. The van der Waals surface area contributed by atoms with Gasteiger partial charge in [0.2, 0.25) is 0 Å². The molecular formula is C16H21NO2. The number of rotatable bonds is 5. The van der Waals surface area contributed by atoms with Gasteiger partial charge < -0.3 is 9.47 Å². The number of nitrogens with zero attached hydrogens (tertiary/aromatic N) is 1. The average molecular weight is 259 g/mol. The predicted octanol–water partition coefficient (Wildman–Crippen LogP) is 3.53. The van der Waals surface area contributed by atoms with E-state index in [1.165, 1.54) is 12.8 Å². The Balaban J connectivity index is 1.68. The Morgan fingerprint density at radius 2 is 1.89 bits per heavy atom. The maximum Gasteiger partial charge on any atom is 0.137 e. The predicted molar refractivity (Wildman–Crippen MR) is 74.0 cm³/mol. The number of hydrogen-bond donors (Lipinski definition) is 0. The molecule has 0 spiro atoms. The molecule has 0 radical (unpaired) electrons. The Bertz CT molecular complexity index is 431. The molecule has 19 heavy (non-hydrogen) atoms. The molecular weight excluding hydrogens is 238 g/mol. The van der Waals surface area contributed by atoms with Crippen molar-refractivity contribution in [1.82, 2.24) is 0 Å². The molecule has 1 aliphatic carbocycles. The zero-order valence-corrected chi connectivity index (χ0v) is 11.5. The molecule has 3 heteroatoms. The normalized spacial score (nSPS) is 22.7. The third-order valence-electron chi connectivity index (χ3n) is 3.66. The van der Waals surface area contributed by atoms with Gasteiger partial charge in [-0.2, -0.15) is 5.26 Å². The second kappa shape index (κ2) is 7.16. The number of para-hydroxylation sites is 1. The standard InChI is InChI=1S/C16H21NO2/c1-13-6-8-15(9-7-13)18-10-11-19-16-5-3-2-4-14(16)12-17/h2-5,13,15H,6-11H2,1H3. The number of nitriles is 1. The summed E-state index contributed by atoms with van der Waals surface area (Å²) in [6.45, 7) is 3.40. The first-order valence-electron chi connectivity index (χ1n) is 7.03. The van der Waals surface area contributed by atoms with E-state index in [4.69, 9.17) is 14.7 Å². The summed E-state index contributed by atoms with van der Waals surface area (Å²) in [6.07, 6.45) is 5.25. The summed E-state index contributed by atoms with van der Waals surface area (Å²) in [5.74, 6) is 1.49. The Morgan fingerprint density at radius 1 is 1.16 bits per heavy atom. The van der Waals surface area contributed by atoms with Crippen LogP contribution in [0.1, 0.15) is 38.2 Å². The van der Waals surface area contributed by atoms with Gasteiger partial charge in [0.05, 0.1) is 18.3 Å². The zero-order chi connectivity index (χ0) is 13.5. The molecule has 0 unspecified atom stereocenters. The largest absolute Gasteiger partial charge is 0.490 e. The molecule has 0 aromatic heterocycles. The van der Waals surface area contributed by atoms with E-state index < -0.39 is 0 Å². The van der Waals surface area contributed by atoms with Crippen LogP contribution in [0.25, 0.3) is 0 Å². The minimum Gasteiger partial charge on any atom is -0.490 e. The maximum atomic E-state index is 8.94. The summed E-state index contributed by atoms with van der Waals surface area (Å²) in [7, 11) is 0. The Kier molecular flexibility index (Phi) is 5.23. The number of benzene rings is 1. The third kappa shape index (κ3) is 4.25. The summed E-state index contributed by atoms with van der Waals surface area (Å²) in [6, 6.07) is 9.42. The molecule has 0 N–H and O–H groups in total. The van der Waals surface area contributed by atoms with Crippen LogP contribution in [-0.2, 0) is 4.74 Å². The van der Waals surface area contributed by atoms with E-state index in [0.717, 1.165) is 18.8 Å². The SMILES string of the molecule is CC1CCC(OCCOc2ccccc2C#N)CC1. The fourth-order valence-corrected chi connectivity index (χ4v) is 2.45. The van der Waals surface area contributed by atoms with Gasteiger partial charge >= 0.3 is 0 Å². The molecule has 102 valence electrons. The quantitative estimate of drug-likeness (QED) is 0.760. The van der Waals surface area contributed by atoms with Gasteiger partial charge in [-0.15, -0.1) is 0 Å². The lowest BCUT2D eigenvalue weighted by atomic mass is 9.89. The first-order valence-corrected chi connectivity index (χ1v) is 7.03. The molecule has 0 atom stereocenters. The second-order valence-electron chi connectivity index (χ2n) is 5.21. The van der Waals surface area contributed by atoms with Crippen LogP contribution < -0.4 is 4.74 Å². The minimum atomic E-state index is 0.394. The molecule has 1 aliphatic rings. The fourth-order valence-electron chi connectivity index (χ4n) is 2.45. The van der Waals surface area contributed by atoms with E-state index in [1.807, 2.05) is 18.2 Å². The molecule has 1 fully saturated rings. The summed E-state index contributed by atoms with van der Waals surface area (Å²) in [4.78, 5) is 0. The molecule has 1 saturated carbocycles. The Hall–Kier alpha value is -1.53. The molecule has 1 aromatic carbocycles. The van der Waals surface area contributed by atoms with Crippen molar-refractivity contribution in [3.05, 3.63) is 29.8 Å². The Morgan fingerprint density at radius 3 is 2.63 bits per heavy atom. The van der Waals surface area contributed by atoms with Crippen LogP contribution in [0.5, 0.6) is 5.75 Å². The maximum absolute atomic E-state index is 8.94. The highest BCUT2D eigenvalue weighted by atomic mass is 16.5. The van der Waals surface area contributed by atoms with Crippen LogP contribution in [0.4, 0.5) is 0 Å². The fraction of sp³-hybridized carbons (Fsp3) is 0.562. The topological polar surface area (TPSA) is 42.2 Å². The van der Waals surface area contributed by atoms with Crippen molar-refractivity contribution in [3.8, 4) is 11.8 Å². The van der Waals surface area contributed by atoms with Crippen molar-refractivity contribution in [2.24, 2.45) is 5.92 Å². The smallest absolute Gasteiger partial charge is 0.137 e. The molecule has 3 nitrogen and oxygen atoms in total. The highest BCUT2D eigenvalue weighted by Crippen LogP contribution is 2.25. The molecule has 0 aliphatic heterocycles. The van der Waals surface area contributed by atoms with Crippen LogP contribution in [0.3, 0.4) is 0 Å². The third-order valence-corrected chi connectivity index (χ3v) is 3.66. The van der Waals surface area contributed by atoms with Crippen molar-refractivity contribution in [1.29, 1.82) is 5.26 Å². The lowest BCUT2D eigenvalue weighted by molar-refractivity contribution is 0.00567. The van der Waals surface area contributed by atoms with E-state index in [0.29, 0.717) is 30.6 Å². The number of hydrogen-bond acceptors (Lipinski definition) is 3. The zero-order valence-electron chi connectivity index (χ0n) is 11.5. The molecule has 0 saturated heterocycles. The van der Waals surface area contributed by atoms with Crippen molar-refractivity contribution >= 4 is 0 Å². The first-order chi connectivity index (χ1) is 9.29. The lowest BCUT2D eigenvalue weighted by Gasteiger charge is -2.26. The van der Waals surface area contributed by atoms with Crippen molar-refractivity contribution in [2.45, 2.75) is 38.7 Å². The molecule has 0 amide bonds. The first kappa shape index (κ1) is 13.9. The van der Waals surface area contributed by atoms with Crippen molar-refractivity contribution in [2.75, 3.05) is 13.2 Å². The van der Waals surface area contributed by atoms with Gasteiger partial charge in [-0.1, -0.05) is 19.1 Å². The van der Waals surface area contributed by atoms with Gasteiger partial charge in [-0.05, 0) is 43.7 Å². The molecule has 2 rings (SSSR count). The van der Waals surface area contributed by atoms with Crippen LogP contribution in [0.2, 0.25) is 0 Å². The van der Waals surface area contributed by atoms with Crippen molar-refractivity contribution < 1.29 is 9.47 Å². The van der Waals surface area contributed by atoms with Crippen molar-refractivity contribution in [3.63, 3.8) is 0 Å². The van der Waals surface area contributed by atoms with Gasteiger partial charge in [0, 0.05) is 0 Å². The van der Waals surface area contributed by atoms with E-state index in [9.17, 15) is 0 Å². The lowest BCUT2D eigenvalue weighted by Crippen LogP contribution is -2.22. The van der Waals surface area contributed by atoms with E-state index in [-0.39, 0.29) is 0 Å². The summed E-state index contributed by atoms with van der Waals surface area (Å²) < 4.78 is 11.4. The molecule has 0 heterocycles. The Labute approximate surface area is 115 Å². The van der Waals surface area contributed by atoms with Crippen LogP contribution in [-0.4, -0.2) is 19.3 Å². The van der Waals surface area contributed by atoms with Gasteiger partial charge in [-0.25, -0.2) is 0 Å². The van der Waals surface area contributed by atoms with Gasteiger partial charge in [0.15, 0.2) is 0 Å². The van der Waals surface area contributed by atoms with Crippen LogP contribution in [0.15, 0.2) is 24.3 Å². The average Bonchev–Trinajstić information content (AvgIpc) is 2.46. The van der Waals surface area contributed by atoms with Gasteiger partial charge in [0.25, 0.3) is 0 Å². The summed E-state index contributed by atoms with van der Waals surface area (Å²) in [5.41, 5.74) is 0.578. The highest BCUT2D eigenvalue weighted by molar-refractivity contribution is 5.42. The molecule has 0 bridgehead atoms. The second-order valence-corrected chi connectivity index (χ2v) is 5.21. The van der Waals surface area contributed by atoms with Crippen LogP contribution in [0, 0.1) is 17.2 Å². The van der Waals surface area contributed by atoms with Gasteiger partial charge in [0.1, 0.15) is 18.4 Å². The van der Waals surface area contributed by atoms with E-state index in [1.54, 1.807) is 6.07 Å². The molecule has 1 aromatic rings. The highest BCUT2D eigenvalue weighted by Gasteiger charge is 2.18. The number of ether oxygens (including phenoxy) is 2. The van der Waals surface area contributed by atoms with E-state index in [2.05, 4.69) is 13.0 Å².